The molecule has 0 bridgehead atoms. The normalized spacial score (nSPS) is 11.9. The highest BCUT2D eigenvalue weighted by atomic mass is 16.6. The van der Waals surface area contributed by atoms with E-state index in [-0.39, 0.29) is 12.4 Å². The van der Waals surface area contributed by atoms with Gasteiger partial charge >= 0.3 is 5.97 Å². The SMILES string of the molecule is C/C=C(N)\C=C/CC(=O)OC(C)(C)C.C=C. The fourth-order valence-corrected chi connectivity index (χ4v) is 0.771. The van der Waals surface area contributed by atoms with Gasteiger partial charge in [0.25, 0.3) is 0 Å². The van der Waals surface area contributed by atoms with Crippen LogP contribution in [0.2, 0.25) is 0 Å². The average molecular weight is 225 g/mol. The van der Waals surface area contributed by atoms with Gasteiger partial charge in [-0.1, -0.05) is 12.2 Å². The zero-order chi connectivity index (χ0) is 13.2. The second-order valence-electron chi connectivity index (χ2n) is 3.98. The van der Waals surface area contributed by atoms with E-state index in [2.05, 4.69) is 13.2 Å². The fourth-order valence-electron chi connectivity index (χ4n) is 0.771. The summed E-state index contributed by atoms with van der Waals surface area (Å²) in [6, 6.07) is 0. The van der Waals surface area contributed by atoms with E-state index in [0.717, 1.165) is 0 Å². The molecule has 0 aromatic rings. The van der Waals surface area contributed by atoms with Crippen LogP contribution in [-0.2, 0) is 9.53 Å². The molecule has 0 saturated carbocycles. The molecule has 16 heavy (non-hydrogen) atoms. The van der Waals surface area contributed by atoms with Gasteiger partial charge in [-0.2, -0.15) is 0 Å². The highest BCUT2D eigenvalue weighted by molar-refractivity contribution is 5.71. The molecule has 3 nitrogen and oxygen atoms in total. The lowest BCUT2D eigenvalue weighted by Gasteiger charge is -2.18. The van der Waals surface area contributed by atoms with E-state index in [1.54, 1.807) is 18.2 Å². The van der Waals surface area contributed by atoms with Gasteiger partial charge in [-0.3, -0.25) is 4.79 Å². The summed E-state index contributed by atoms with van der Waals surface area (Å²) in [5, 5.41) is 0. The number of esters is 1. The first kappa shape index (κ1) is 16.9. The minimum Gasteiger partial charge on any atom is -0.460 e. The Labute approximate surface area is 98.7 Å². The second kappa shape index (κ2) is 8.77. The van der Waals surface area contributed by atoms with Crippen molar-refractivity contribution in [1.82, 2.24) is 0 Å². The molecule has 0 aliphatic carbocycles. The van der Waals surface area contributed by atoms with Crippen molar-refractivity contribution in [3.05, 3.63) is 37.1 Å². The lowest BCUT2D eigenvalue weighted by atomic mass is 10.2. The second-order valence-corrected chi connectivity index (χ2v) is 3.98. The number of hydrogen-bond acceptors (Lipinski definition) is 3. The van der Waals surface area contributed by atoms with Gasteiger partial charge in [0, 0.05) is 5.70 Å². The first-order valence-corrected chi connectivity index (χ1v) is 5.15. The third-order valence-corrected chi connectivity index (χ3v) is 1.35. The molecule has 0 fully saturated rings. The Kier molecular flexibility index (Phi) is 9.27. The Morgan fingerprint density at radius 3 is 2.25 bits per heavy atom. The molecule has 3 heteroatoms. The van der Waals surface area contributed by atoms with Gasteiger partial charge in [-0.05, 0) is 33.8 Å². The smallest absolute Gasteiger partial charge is 0.310 e. The van der Waals surface area contributed by atoms with Crippen LogP contribution in [0.4, 0.5) is 0 Å². The summed E-state index contributed by atoms with van der Waals surface area (Å²) in [5.74, 6) is -0.238. The maximum Gasteiger partial charge on any atom is 0.310 e. The monoisotopic (exact) mass is 225 g/mol. The van der Waals surface area contributed by atoms with Gasteiger partial charge in [0.1, 0.15) is 5.60 Å². The number of nitrogens with two attached hydrogens (primary N) is 1. The standard InChI is InChI=1S/C11H19NO2.C2H4/c1-5-9(12)7-6-8-10(13)14-11(2,3)4;1-2/h5-7H,8,12H2,1-4H3;1-2H2/b7-6-,9-5+;. The highest BCUT2D eigenvalue weighted by Crippen LogP contribution is 2.08. The third-order valence-electron chi connectivity index (χ3n) is 1.35. The van der Waals surface area contributed by atoms with Crippen molar-refractivity contribution in [3.8, 4) is 0 Å². The number of carbonyl (C=O) groups excluding carboxylic acids is 1. The van der Waals surface area contributed by atoms with Gasteiger partial charge in [0.05, 0.1) is 6.42 Å². The Bertz CT molecular complexity index is 260. The quantitative estimate of drug-likeness (QED) is 0.456. The summed E-state index contributed by atoms with van der Waals surface area (Å²) in [6.45, 7) is 13.4. The molecule has 0 aliphatic rings. The van der Waals surface area contributed by atoms with E-state index in [9.17, 15) is 4.79 Å². The largest absolute Gasteiger partial charge is 0.460 e. The summed E-state index contributed by atoms with van der Waals surface area (Å²) in [7, 11) is 0. The van der Waals surface area contributed by atoms with Gasteiger partial charge < -0.3 is 10.5 Å². The van der Waals surface area contributed by atoms with Gasteiger partial charge in [-0.15, -0.1) is 13.2 Å². The molecule has 2 N–H and O–H groups in total. The maximum atomic E-state index is 11.2. The molecular formula is C13H23NO2. The predicted molar refractivity (Wildman–Crippen MR) is 68.8 cm³/mol. The summed E-state index contributed by atoms with van der Waals surface area (Å²) in [6.07, 6.45) is 5.42. The summed E-state index contributed by atoms with van der Waals surface area (Å²) in [5.41, 5.74) is 5.74. The number of carbonyl (C=O) groups is 1. The molecule has 0 heterocycles. The zero-order valence-corrected chi connectivity index (χ0v) is 10.7. The number of ether oxygens (including phenoxy) is 1. The molecule has 0 saturated heterocycles. The molecule has 0 aliphatic heterocycles. The van der Waals surface area contributed by atoms with Gasteiger partial charge in [0.2, 0.25) is 0 Å². The van der Waals surface area contributed by atoms with Crippen molar-refractivity contribution in [3.63, 3.8) is 0 Å². The topological polar surface area (TPSA) is 52.3 Å². The number of hydrogen-bond donors (Lipinski definition) is 1. The van der Waals surface area contributed by atoms with E-state index in [1.165, 1.54) is 0 Å². The van der Waals surface area contributed by atoms with Crippen LogP contribution in [-0.4, -0.2) is 11.6 Å². The number of allylic oxidation sites excluding steroid dienone is 2. The Balaban J connectivity index is 0. The van der Waals surface area contributed by atoms with E-state index >= 15 is 0 Å². The van der Waals surface area contributed by atoms with Crippen LogP contribution in [0.25, 0.3) is 0 Å². The van der Waals surface area contributed by atoms with Crippen LogP contribution >= 0.6 is 0 Å². The van der Waals surface area contributed by atoms with Crippen LogP contribution in [0, 0.1) is 0 Å². The van der Waals surface area contributed by atoms with Crippen molar-refractivity contribution in [2.24, 2.45) is 5.73 Å². The first-order chi connectivity index (χ1) is 7.35. The molecule has 0 aromatic heterocycles. The molecule has 92 valence electrons. The van der Waals surface area contributed by atoms with Crippen LogP contribution in [0.1, 0.15) is 34.1 Å². The summed E-state index contributed by atoms with van der Waals surface area (Å²) in [4.78, 5) is 11.2. The zero-order valence-electron chi connectivity index (χ0n) is 10.7. The lowest BCUT2D eigenvalue weighted by Crippen LogP contribution is -2.23. The predicted octanol–water partition coefficient (Wildman–Crippen LogP) is 2.94. The molecule has 0 aromatic carbocycles. The van der Waals surface area contributed by atoms with Crippen molar-refractivity contribution in [1.29, 1.82) is 0 Å². The summed E-state index contributed by atoms with van der Waals surface area (Å²) < 4.78 is 5.10. The molecule has 0 atom stereocenters. The Morgan fingerprint density at radius 2 is 1.88 bits per heavy atom. The highest BCUT2D eigenvalue weighted by Gasteiger charge is 2.14. The van der Waals surface area contributed by atoms with E-state index < -0.39 is 5.60 Å². The van der Waals surface area contributed by atoms with Crippen molar-refractivity contribution >= 4 is 5.97 Å². The van der Waals surface area contributed by atoms with Crippen LogP contribution in [0.5, 0.6) is 0 Å². The summed E-state index contributed by atoms with van der Waals surface area (Å²) >= 11 is 0. The van der Waals surface area contributed by atoms with Crippen LogP contribution in [0.3, 0.4) is 0 Å². The minimum atomic E-state index is -0.420. The van der Waals surface area contributed by atoms with Gasteiger partial charge in [-0.25, -0.2) is 0 Å². The average Bonchev–Trinajstić information content (AvgIpc) is 2.18. The van der Waals surface area contributed by atoms with Crippen molar-refractivity contribution in [2.45, 2.75) is 39.7 Å². The van der Waals surface area contributed by atoms with E-state index in [0.29, 0.717) is 5.70 Å². The molecule has 0 unspecified atom stereocenters. The van der Waals surface area contributed by atoms with E-state index in [1.807, 2.05) is 27.7 Å². The molecular weight excluding hydrogens is 202 g/mol. The molecule has 0 rings (SSSR count). The maximum absolute atomic E-state index is 11.2. The number of rotatable bonds is 3. The van der Waals surface area contributed by atoms with Crippen LogP contribution < -0.4 is 5.73 Å². The minimum absolute atomic E-state index is 0.238. The van der Waals surface area contributed by atoms with Crippen molar-refractivity contribution in [2.75, 3.05) is 0 Å². The lowest BCUT2D eigenvalue weighted by molar-refractivity contribution is -0.153. The Morgan fingerprint density at radius 1 is 1.38 bits per heavy atom. The molecule has 0 spiro atoms. The Hall–Kier alpha value is -1.51. The third kappa shape index (κ3) is 12.5. The van der Waals surface area contributed by atoms with E-state index in [4.69, 9.17) is 10.5 Å². The molecule has 0 radical (unpaired) electrons. The fraction of sp³-hybridized carbons (Fsp3) is 0.462. The van der Waals surface area contributed by atoms with Crippen molar-refractivity contribution < 1.29 is 9.53 Å². The van der Waals surface area contributed by atoms with Crippen LogP contribution in [0.15, 0.2) is 37.1 Å². The molecule has 0 amide bonds. The first-order valence-electron chi connectivity index (χ1n) is 5.15. The van der Waals surface area contributed by atoms with Gasteiger partial charge in [0.15, 0.2) is 0 Å².